The number of sulfonamides is 1. The lowest BCUT2D eigenvalue weighted by atomic mass is 9.72. The van der Waals surface area contributed by atoms with Crippen LogP contribution in [0.15, 0.2) is 40.5 Å². The van der Waals surface area contributed by atoms with Crippen molar-refractivity contribution in [2.75, 3.05) is 6.26 Å². The number of aromatic nitrogens is 1. The van der Waals surface area contributed by atoms with Gasteiger partial charge in [0.05, 0.1) is 24.0 Å². The number of nitrogens with one attached hydrogen (secondary N) is 1. The summed E-state index contributed by atoms with van der Waals surface area (Å²) in [5.74, 6) is -0.849. The smallest absolute Gasteiger partial charge is 0.253 e. The molecule has 1 saturated carbocycles. The molecule has 0 saturated heterocycles. The van der Waals surface area contributed by atoms with E-state index in [1.807, 2.05) is 6.08 Å². The summed E-state index contributed by atoms with van der Waals surface area (Å²) in [5, 5.41) is 9.82. The van der Waals surface area contributed by atoms with Gasteiger partial charge in [0.25, 0.3) is 5.56 Å². The molecule has 28 heavy (non-hydrogen) atoms. The van der Waals surface area contributed by atoms with Crippen LogP contribution in [0, 0.1) is 12.8 Å². The molecule has 0 aromatic carbocycles. The molecule has 1 aromatic rings. The first kappa shape index (κ1) is 20.5. The van der Waals surface area contributed by atoms with Crippen molar-refractivity contribution in [3.63, 3.8) is 0 Å². The average Bonchev–Trinajstić information content (AvgIpc) is 2.60. The number of aliphatic hydroxyl groups excluding tert-OH is 1. The number of aryl methyl sites for hydroxylation is 2. The van der Waals surface area contributed by atoms with E-state index in [-0.39, 0.29) is 29.1 Å². The Hall–Kier alpha value is -2.19. The Morgan fingerprint density at radius 1 is 1.14 bits per heavy atom. The van der Waals surface area contributed by atoms with Gasteiger partial charge in [0, 0.05) is 18.8 Å². The van der Waals surface area contributed by atoms with E-state index in [2.05, 4.69) is 4.72 Å². The normalized spacial score (nSPS) is 25.9. The highest BCUT2D eigenvalue weighted by Crippen LogP contribution is 2.41. The Labute approximate surface area is 164 Å². The van der Waals surface area contributed by atoms with Crippen molar-refractivity contribution in [1.29, 1.82) is 0 Å². The quantitative estimate of drug-likeness (QED) is 0.783. The molecule has 0 bridgehead atoms. The number of hydrogen-bond acceptors (Lipinski definition) is 5. The fraction of sp³-hybridized carbons (Fsp3) is 0.500. The van der Waals surface area contributed by atoms with Gasteiger partial charge in [0.1, 0.15) is 0 Å². The van der Waals surface area contributed by atoms with Crippen LogP contribution < -0.4 is 10.3 Å². The highest BCUT2D eigenvalue weighted by molar-refractivity contribution is 7.88. The number of nitrogens with zero attached hydrogens (tertiary/aromatic N) is 1. The summed E-state index contributed by atoms with van der Waals surface area (Å²) in [7, 11) is -1.95. The fourth-order valence-electron chi connectivity index (χ4n) is 4.14. The summed E-state index contributed by atoms with van der Waals surface area (Å²) in [6.07, 6.45) is 8.57. The number of aliphatic hydroxyl groups is 1. The summed E-state index contributed by atoms with van der Waals surface area (Å²) >= 11 is 0. The number of rotatable bonds is 4. The SMILES string of the molecule is Cc1cc(C2C(=O)C(NS(C)(=O)=O)=CC=C2[C@H]2CC[C@H](O)CC2)cn(C)c1=O. The van der Waals surface area contributed by atoms with Crippen LogP contribution in [0.25, 0.3) is 0 Å². The number of carbonyl (C=O) groups excluding carboxylic acids is 1. The van der Waals surface area contributed by atoms with Crippen molar-refractivity contribution >= 4 is 15.8 Å². The van der Waals surface area contributed by atoms with Crippen LogP contribution in [-0.2, 0) is 21.9 Å². The van der Waals surface area contributed by atoms with Gasteiger partial charge in [0.15, 0.2) is 5.78 Å². The molecule has 0 radical (unpaired) electrons. The summed E-state index contributed by atoms with van der Waals surface area (Å²) in [6.45, 7) is 1.70. The van der Waals surface area contributed by atoms with Crippen LogP contribution in [0.3, 0.4) is 0 Å². The zero-order chi connectivity index (χ0) is 20.6. The molecule has 2 aliphatic carbocycles. The van der Waals surface area contributed by atoms with Crippen molar-refractivity contribution in [2.24, 2.45) is 13.0 Å². The molecule has 1 atom stereocenters. The third-order valence-electron chi connectivity index (χ3n) is 5.48. The first-order chi connectivity index (χ1) is 13.1. The number of hydrogen-bond donors (Lipinski definition) is 2. The van der Waals surface area contributed by atoms with Gasteiger partial charge >= 0.3 is 0 Å². The molecule has 7 nitrogen and oxygen atoms in total. The van der Waals surface area contributed by atoms with Gasteiger partial charge in [-0.3, -0.25) is 14.3 Å². The zero-order valence-electron chi connectivity index (χ0n) is 16.3. The largest absolute Gasteiger partial charge is 0.393 e. The van der Waals surface area contributed by atoms with Gasteiger partial charge in [-0.1, -0.05) is 11.6 Å². The highest BCUT2D eigenvalue weighted by Gasteiger charge is 2.36. The van der Waals surface area contributed by atoms with Crippen LogP contribution in [-0.4, -0.2) is 36.2 Å². The Balaban J connectivity index is 2.07. The molecule has 2 N–H and O–H groups in total. The van der Waals surface area contributed by atoms with Crippen molar-refractivity contribution < 1.29 is 18.3 Å². The van der Waals surface area contributed by atoms with Gasteiger partial charge in [0.2, 0.25) is 10.0 Å². The minimum absolute atomic E-state index is 0.0265. The molecule has 0 amide bonds. The third kappa shape index (κ3) is 4.28. The second kappa shape index (κ2) is 7.67. The maximum atomic E-state index is 13.3. The van der Waals surface area contributed by atoms with Gasteiger partial charge < -0.3 is 9.67 Å². The number of allylic oxidation sites excluding steroid dienone is 4. The zero-order valence-corrected chi connectivity index (χ0v) is 17.1. The van der Waals surface area contributed by atoms with Gasteiger partial charge in [-0.25, -0.2) is 8.42 Å². The van der Waals surface area contributed by atoms with E-state index in [1.54, 1.807) is 26.2 Å². The monoisotopic (exact) mass is 406 g/mol. The average molecular weight is 407 g/mol. The summed E-state index contributed by atoms with van der Waals surface area (Å²) in [4.78, 5) is 25.3. The predicted molar refractivity (Wildman–Crippen MR) is 106 cm³/mol. The molecular weight excluding hydrogens is 380 g/mol. The van der Waals surface area contributed by atoms with Crippen LogP contribution in [0.5, 0.6) is 0 Å². The Morgan fingerprint density at radius 2 is 1.79 bits per heavy atom. The number of ketones is 1. The van der Waals surface area contributed by atoms with Crippen molar-refractivity contribution in [3.8, 4) is 0 Å². The molecule has 1 aromatic heterocycles. The summed E-state index contributed by atoms with van der Waals surface area (Å²) < 4.78 is 27.1. The van der Waals surface area contributed by atoms with E-state index in [9.17, 15) is 23.1 Å². The van der Waals surface area contributed by atoms with Crippen LogP contribution in [0.4, 0.5) is 0 Å². The van der Waals surface area contributed by atoms with Crippen molar-refractivity contribution in [1.82, 2.24) is 9.29 Å². The van der Waals surface area contributed by atoms with Crippen LogP contribution in [0.1, 0.15) is 42.7 Å². The van der Waals surface area contributed by atoms with E-state index in [0.29, 0.717) is 24.0 Å². The lowest BCUT2D eigenvalue weighted by Gasteiger charge is -2.33. The molecular formula is C20H26N2O5S. The maximum Gasteiger partial charge on any atom is 0.253 e. The van der Waals surface area contributed by atoms with E-state index < -0.39 is 15.9 Å². The second-order valence-corrected chi connectivity index (χ2v) is 9.54. The van der Waals surface area contributed by atoms with E-state index in [1.165, 1.54) is 10.6 Å². The molecule has 1 fully saturated rings. The standard InChI is InChI=1S/C20H26N2O5S/c1-12-10-14(11-22(2)20(12)25)18-16(13-4-6-15(23)7-5-13)8-9-17(19(18)24)21-28(3,26)27/h8-11,13,15,18,21,23H,4-7H2,1-3H3/t13-,15-,18?. The van der Waals surface area contributed by atoms with Gasteiger partial charge in [-0.15, -0.1) is 0 Å². The Morgan fingerprint density at radius 3 is 2.36 bits per heavy atom. The first-order valence-electron chi connectivity index (χ1n) is 9.36. The molecule has 1 heterocycles. The van der Waals surface area contributed by atoms with Gasteiger partial charge in [-0.05, 0) is 56.2 Å². The van der Waals surface area contributed by atoms with Crippen molar-refractivity contribution in [2.45, 2.75) is 44.6 Å². The summed E-state index contributed by atoms with van der Waals surface area (Å²) in [6, 6.07) is 1.71. The summed E-state index contributed by atoms with van der Waals surface area (Å²) in [5.41, 5.74) is 2.00. The predicted octanol–water partition coefficient (Wildman–Crippen LogP) is 1.27. The fourth-order valence-corrected chi connectivity index (χ4v) is 4.71. The highest BCUT2D eigenvalue weighted by atomic mass is 32.2. The van der Waals surface area contributed by atoms with E-state index >= 15 is 0 Å². The van der Waals surface area contributed by atoms with E-state index in [0.717, 1.165) is 24.7 Å². The van der Waals surface area contributed by atoms with Crippen LogP contribution in [0.2, 0.25) is 0 Å². The third-order valence-corrected chi connectivity index (χ3v) is 6.07. The molecule has 0 aliphatic heterocycles. The lowest BCUT2D eigenvalue weighted by molar-refractivity contribution is -0.116. The molecule has 1 unspecified atom stereocenters. The number of Topliss-reactive ketones (excluding diaryl/α,β-unsaturated/α-hetero) is 1. The molecule has 3 rings (SSSR count). The topological polar surface area (TPSA) is 105 Å². The molecule has 0 spiro atoms. The lowest BCUT2D eigenvalue weighted by Crippen LogP contribution is -2.34. The number of carbonyl (C=O) groups is 1. The van der Waals surface area contributed by atoms with E-state index in [4.69, 9.17) is 0 Å². The Bertz CT molecular complexity index is 985. The second-order valence-electron chi connectivity index (χ2n) is 7.80. The van der Waals surface area contributed by atoms with Crippen LogP contribution >= 0.6 is 0 Å². The maximum absolute atomic E-state index is 13.3. The van der Waals surface area contributed by atoms with Crippen molar-refractivity contribution in [3.05, 3.63) is 57.2 Å². The molecule has 8 heteroatoms. The first-order valence-corrected chi connectivity index (χ1v) is 11.2. The molecule has 2 aliphatic rings. The van der Waals surface area contributed by atoms with Gasteiger partial charge in [-0.2, -0.15) is 0 Å². The molecule has 152 valence electrons. The minimum atomic E-state index is -3.59. The Kier molecular flexibility index (Phi) is 5.63. The minimum Gasteiger partial charge on any atom is -0.393 e. The number of pyridine rings is 1.